The lowest BCUT2D eigenvalue weighted by Crippen LogP contribution is -2.45. The molecule has 0 radical (unpaired) electrons. The van der Waals surface area contributed by atoms with E-state index >= 15 is 0 Å². The second-order valence-electron chi connectivity index (χ2n) is 7.60. The SMILES string of the molecule is O=C(CCCC(=O)NNC(=O)C1CCCCC1)NNC(=O)C1CCCCC1. The third-order valence-corrected chi connectivity index (χ3v) is 5.41. The van der Waals surface area contributed by atoms with Crippen LogP contribution >= 0.6 is 0 Å². The standard InChI is InChI=1S/C19H32N4O4/c24-16(20-22-18(26)14-8-3-1-4-9-14)12-7-13-17(25)21-23-19(27)15-10-5-2-6-11-15/h14-15H,1-13H2,(H,20,24)(H,21,25)(H,22,26)(H,23,27). The van der Waals surface area contributed by atoms with Gasteiger partial charge in [-0.25, -0.2) is 0 Å². The van der Waals surface area contributed by atoms with Crippen LogP contribution in [0.15, 0.2) is 0 Å². The fourth-order valence-corrected chi connectivity index (χ4v) is 3.73. The summed E-state index contributed by atoms with van der Waals surface area (Å²) in [4.78, 5) is 47.4. The van der Waals surface area contributed by atoms with E-state index < -0.39 is 0 Å². The molecule has 2 fully saturated rings. The maximum absolute atomic E-state index is 11.9. The second-order valence-corrected chi connectivity index (χ2v) is 7.60. The first-order valence-corrected chi connectivity index (χ1v) is 10.2. The number of hydrogen-bond acceptors (Lipinski definition) is 4. The molecule has 0 aliphatic heterocycles. The molecule has 0 unspecified atom stereocenters. The Balaban J connectivity index is 1.51. The Hall–Kier alpha value is -2.12. The van der Waals surface area contributed by atoms with Crippen molar-refractivity contribution in [2.24, 2.45) is 11.8 Å². The average Bonchev–Trinajstić information content (AvgIpc) is 2.71. The van der Waals surface area contributed by atoms with Crippen molar-refractivity contribution in [3.8, 4) is 0 Å². The Bertz CT molecular complexity index is 480. The molecule has 0 atom stereocenters. The Morgan fingerprint density at radius 3 is 1.30 bits per heavy atom. The van der Waals surface area contributed by atoms with Crippen LogP contribution in [0, 0.1) is 11.8 Å². The molecule has 27 heavy (non-hydrogen) atoms. The molecule has 2 aliphatic rings. The van der Waals surface area contributed by atoms with Crippen LogP contribution in [0.1, 0.15) is 83.5 Å². The zero-order valence-electron chi connectivity index (χ0n) is 16.0. The molecular weight excluding hydrogens is 348 g/mol. The third kappa shape index (κ3) is 7.97. The summed E-state index contributed by atoms with van der Waals surface area (Å²) in [6, 6.07) is 0. The predicted molar refractivity (Wildman–Crippen MR) is 99.6 cm³/mol. The van der Waals surface area contributed by atoms with Gasteiger partial charge in [0.25, 0.3) is 0 Å². The number of amides is 4. The van der Waals surface area contributed by atoms with Gasteiger partial charge in [-0.2, -0.15) is 0 Å². The number of carbonyl (C=O) groups excluding carboxylic acids is 4. The van der Waals surface area contributed by atoms with Crippen LogP contribution in [0.2, 0.25) is 0 Å². The highest BCUT2D eigenvalue weighted by atomic mass is 16.2. The number of hydrazine groups is 2. The van der Waals surface area contributed by atoms with E-state index in [1.54, 1.807) is 0 Å². The fourth-order valence-electron chi connectivity index (χ4n) is 3.73. The highest BCUT2D eigenvalue weighted by molar-refractivity contribution is 5.85. The van der Waals surface area contributed by atoms with E-state index in [-0.39, 0.29) is 48.3 Å². The minimum absolute atomic E-state index is 0.0161. The molecule has 2 aliphatic carbocycles. The summed E-state index contributed by atoms with van der Waals surface area (Å²) in [5.74, 6) is -0.941. The summed E-state index contributed by atoms with van der Waals surface area (Å²) < 4.78 is 0. The van der Waals surface area contributed by atoms with Gasteiger partial charge in [0.2, 0.25) is 23.6 Å². The molecular formula is C19H32N4O4. The highest BCUT2D eigenvalue weighted by Crippen LogP contribution is 2.24. The minimum Gasteiger partial charge on any atom is -0.273 e. The lowest BCUT2D eigenvalue weighted by Gasteiger charge is -2.21. The van der Waals surface area contributed by atoms with E-state index in [0.717, 1.165) is 51.4 Å². The zero-order valence-corrected chi connectivity index (χ0v) is 16.0. The van der Waals surface area contributed by atoms with Crippen molar-refractivity contribution < 1.29 is 19.2 Å². The molecule has 4 amide bonds. The Labute approximate surface area is 160 Å². The first-order valence-electron chi connectivity index (χ1n) is 10.2. The van der Waals surface area contributed by atoms with Crippen molar-refractivity contribution in [1.82, 2.24) is 21.7 Å². The zero-order chi connectivity index (χ0) is 19.5. The Kier molecular flexibility index (Phi) is 9.07. The second kappa shape index (κ2) is 11.6. The maximum atomic E-state index is 11.9. The van der Waals surface area contributed by atoms with Crippen LogP contribution in [0.5, 0.6) is 0 Å². The maximum Gasteiger partial charge on any atom is 0.241 e. The quantitative estimate of drug-likeness (QED) is 0.524. The van der Waals surface area contributed by atoms with Gasteiger partial charge in [-0.05, 0) is 32.1 Å². The van der Waals surface area contributed by atoms with E-state index in [1.807, 2.05) is 0 Å². The molecule has 8 heteroatoms. The number of carbonyl (C=O) groups is 4. The summed E-state index contributed by atoms with van der Waals surface area (Å²) >= 11 is 0. The van der Waals surface area contributed by atoms with Gasteiger partial charge in [0.05, 0.1) is 0 Å². The molecule has 8 nitrogen and oxygen atoms in total. The Morgan fingerprint density at radius 2 is 0.926 bits per heavy atom. The van der Waals surface area contributed by atoms with E-state index in [2.05, 4.69) is 21.7 Å². The molecule has 0 saturated heterocycles. The average molecular weight is 380 g/mol. The van der Waals surface area contributed by atoms with Gasteiger partial charge in [0.1, 0.15) is 0 Å². The fraction of sp³-hybridized carbons (Fsp3) is 0.789. The van der Waals surface area contributed by atoms with Gasteiger partial charge in [0.15, 0.2) is 0 Å². The lowest BCUT2D eigenvalue weighted by molar-refractivity contribution is -0.132. The van der Waals surface area contributed by atoms with Crippen LogP contribution in [0.4, 0.5) is 0 Å². The Morgan fingerprint density at radius 1 is 0.556 bits per heavy atom. The number of hydrogen-bond donors (Lipinski definition) is 4. The molecule has 0 spiro atoms. The molecule has 2 saturated carbocycles. The first-order chi connectivity index (χ1) is 13.1. The van der Waals surface area contributed by atoms with Crippen LogP contribution in [0.3, 0.4) is 0 Å². The molecule has 0 heterocycles. The highest BCUT2D eigenvalue weighted by Gasteiger charge is 2.22. The van der Waals surface area contributed by atoms with Gasteiger partial charge in [0, 0.05) is 24.7 Å². The largest absolute Gasteiger partial charge is 0.273 e. The van der Waals surface area contributed by atoms with Gasteiger partial charge in [-0.15, -0.1) is 0 Å². The van der Waals surface area contributed by atoms with E-state index in [1.165, 1.54) is 12.8 Å². The van der Waals surface area contributed by atoms with Crippen molar-refractivity contribution in [3.05, 3.63) is 0 Å². The lowest BCUT2D eigenvalue weighted by atomic mass is 9.89. The smallest absolute Gasteiger partial charge is 0.241 e. The van der Waals surface area contributed by atoms with Crippen molar-refractivity contribution >= 4 is 23.6 Å². The summed E-state index contributed by atoms with van der Waals surface area (Å²) in [5.41, 5.74) is 9.75. The van der Waals surface area contributed by atoms with E-state index in [4.69, 9.17) is 0 Å². The van der Waals surface area contributed by atoms with Crippen LogP contribution in [-0.4, -0.2) is 23.6 Å². The van der Waals surface area contributed by atoms with Crippen molar-refractivity contribution in [3.63, 3.8) is 0 Å². The van der Waals surface area contributed by atoms with Crippen LogP contribution in [0.25, 0.3) is 0 Å². The topological polar surface area (TPSA) is 116 Å². The summed E-state index contributed by atoms with van der Waals surface area (Å²) in [7, 11) is 0. The summed E-state index contributed by atoms with van der Waals surface area (Å²) in [6.07, 6.45) is 10.6. The van der Waals surface area contributed by atoms with Gasteiger partial charge in [-0.1, -0.05) is 38.5 Å². The van der Waals surface area contributed by atoms with Crippen molar-refractivity contribution in [2.45, 2.75) is 83.5 Å². The first kappa shape index (κ1) is 21.2. The van der Waals surface area contributed by atoms with E-state index in [0.29, 0.717) is 6.42 Å². The van der Waals surface area contributed by atoms with Crippen LogP contribution in [-0.2, 0) is 19.2 Å². The van der Waals surface area contributed by atoms with Gasteiger partial charge < -0.3 is 0 Å². The van der Waals surface area contributed by atoms with Crippen molar-refractivity contribution in [2.75, 3.05) is 0 Å². The predicted octanol–water partition coefficient (Wildman–Crippen LogP) is 1.61. The molecule has 4 N–H and O–H groups in total. The molecule has 152 valence electrons. The van der Waals surface area contributed by atoms with Crippen LogP contribution < -0.4 is 21.7 Å². The summed E-state index contributed by atoms with van der Waals surface area (Å²) in [5, 5.41) is 0. The molecule has 0 aromatic rings. The molecule has 0 aromatic heterocycles. The molecule has 2 rings (SSSR count). The minimum atomic E-state index is -0.321. The monoisotopic (exact) mass is 380 g/mol. The normalized spacial score (nSPS) is 18.4. The molecule has 0 bridgehead atoms. The van der Waals surface area contributed by atoms with E-state index in [9.17, 15) is 19.2 Å². The molecule has 0 aromatic carbocycles. The van der Waals surface area contributed by atoms with Gasteiger partial charge >= 0.3 is 0 Å². The third-order valence-electron chi connectivity index (χ3n) is 5.41. The summed E-state index contributed by atoms with van der Waals surface area (Å²) in [6.45, 7) is 0. The van der Waals surface area contributed by atoms with Crippen molar-refractivity contribution in [1.29, 1.82) is 0 Å². The number of nitrogens with one attached hydrogen (secondary N) is 4. The number of rotatable bonds is 6. The van der Waals surface area contributed by atoms with Gasteiger partial charge in [-0.3, -0.25) is 40.9 Å².